The predicted molar refractivity (Wildman–Crippen MR) is 78.8 cm³/mol. The third-order valence-electron chi connectivity index (χ3n) is 3.57. The second kappa shape index (κ2) is 7.26. The lowest BCUT2D eigenvalue weighted by Gasteiger charge is -2.32. The van der Waals surface area contributed by atoms with Crippen LogP contribution in [0.1, 0.15) is 27.7 Å². The summed E-state index contributed by atoms with van der Waals surface area (Å²) in [5.74, 6) is -0.446. The first kappa shape index (κ1) is 17.2. The molecule has 118 valence electrons. The van der Waals surface area contributed by atoms with Gasteiger partial charge in [0, 0.05) is 31.4 Å². The first-order valence-corrected chi connectivity index (χ1v) is 7.07. The van der Waals surface area contributed by atoms with Gasteiger partial charge in [-0.15, -0.1) is 5.06 Å². The number of hydrogen-bond acceptors (Lipinski definition) is 5. The highest BCUT2D eigenvalue weighted by Gasteiger charge is 2.38. The molecule has 1 rings (SSSR count). The van der Waals surface area contributed by atoms with Crippen LogP contribution < -0.4 is 0 Å². The fourth-order valence-corrected chi connectivity index (χ4v) is 1.92. The molecule has 0 fully saturated rings. The van der Waals surface area contributed by atoms with Crippen molar-refractivity contribution in [3.05, 3.63) is 24.6 Å². The molecule has 0 spiro atoms. The highest BCUT2D eigenvalue weighted by atomic mass is 16.7. The zero-order valence-electron chi connectivity index (χ0n) is 13.3. The fourth-order valence-electron chi connectivity index (χ4n) is 1.92. The van der Waals surface area contributed by atoms with Crippen molar-refractivity contribution in [1.29, 1.82) is 0 Å². The lowest BCUT2D eigenvalue weighted by atomic mass is 9.78. The number of methoxy groups -OCH3 is 1. The highest BCUT2D eigenvalue weighted by molar-refractivity contribution is 5.77. The van der Waals surface area contributed by atoms with Crippen molar-refractivity contribution in [3.8, 4) is 0 Å². The molecule has 0 saturated heterocycles. The van der Waals surface area contributed by atoms with Crippen LogP contribution in [0.2, 0.25) is 0 Å². The normalized spacial score (nSPS) is 15.4. The molecular weight excluding hydrogens is 272 g/mol. The Morgan fingerprint density at radius 2 is 1.71 bits per heavy atom. The van der Waals surface area contributed by atoms with E-state index >= 15 is 0 Å². The Kier molecular flexibility index (Phi) is 5.96. The molecule has 1 heterocycles. The van der Waals surface area contributed by atoms with Gasteiger partial charge in [-0.1, -0.05) is 12.2 Å². The molecule has 0 aromatic rings. The van der Waals surface area contributed by atoms with Crippen LogP contribution in [-0.4, -0.2) is 42.2 Å². The maximum absolute atomic E-state index is 12.3. The average molecular weight is 296 g/mol. The van der Waals surface area contributed by atoms with E-state index in [4.69, 9.17) is 4.84 Å². The largest absolute Gasteiger partial charge is 0.452 e. The van der Waals surface area contributed by atoms with E-state index in [1.165, 1.54) is 12.0 Å². The third-order valence-corrected chi connectivity index (χ3v) is 3.57. The van der Waals surface area contributed by atoms with Crippen molar-refractivity contribution >= 4 is 12.1 Å². The summed E-state index contributed by atoms with van der Waals surface area (Å²) < 4.78 is 4.63. The molecule has 0 atom stereocenters. The molecule has 6 heteroatoms. The standard InChI is InChI=1S/C15H24N2O4/c1-6-17(7-2)21-13(18)15(3,4)12-8-10-16(11-9-12)14(19)20-5/h8-12H,6-7H2,1-5H3. The molecule has 0 saturated carbocycles. The predicted octanol–water partition coefficient (Wildman–Crippen LogP) is 2.54. The minimum atomic E-state index is -0.724. The first-order chi connectivity index (χ1) is 9.86. The quantitative estimate of drug-likeness (QED) is 0.730. The fraction of sp³-hybridized carbons (Fsp3) is 0.600. The lowest BCUT2D eigenvalue weighted by molar-refractivity contribution is -0.200. The van der Waals surface area contributed by atoms with Crippen molar-refractivity contribution < 1.29 is 19.2 Å². The molecule has 0 aromatic carbocycles. The Labute approximate surface area is 125 Å². The van der Waals surface area contributed by atoms with Crippen molar-refractivity contribution in [2.75, 3.05) is 20.2 Å². The van der Waals surface area contributed by atoms with Gasteiger partial charge in [0.1, 0.15) is 0 Å². The number of hydroxylamine groups is 2. The van der Waals surface area contributed by atoms with E-state index in [1.807, 2.05) is 27.7 Å². The second-order valence-electron chi connectivity index (χ2n) is 5.30. The smallest absolute Gasteiger partial charge is 0.417 e. The van der Waals surface area contributed by atoms with Gasteiger partial charge in [0.25, 0.3) is 0 Å². The summed E-state index contributed by atoms with van der Waals surface area (Å²) in [6, 6.07) is 0. The minimum Gasteiger partial charge on any atom is -0.452 e. The second-order valence-corrected chi connectivity index (χ2v) is 5.30. The van der Waals surface area contributed by atoms with Crippen molar-refractivity contribution in [1.82, 2.24) is 9.96 Å². The van der Waals surface area contributed by atoms with Gasteiger partial charge in [-0.05, 0) is 27.7 Å². The molecule has 0 unspecified atom stereocenters. The third kappa shape index (κ3) is 4.07. The number of rotatable bonds is 5. The van der Waals surface area contributed by atoms with E-state index in [0.29, 0.717) is 13.1 Å². The van der Waals surface area contributed by atoms with Crippen molar-refractivity contribution in [2.24, 2.45) is 11.3 Å². The Bertz CT molecular complexity index is 425. The lowest BCUT2D eigenvalue weighted by Crippen LogP contribution is -2.39. The van der Waals surface area contributed by atoms with Crippen LogP contribution in [0.3, 0.4) is 0 Å². The molecule has 6 nitrogen and oxygen atoms in total. The van der Waals surface area contributed by atoms with Gasteiger partial charge in [-0.25, -0.2) is 9.59 Å². The van der Waals surface area contributed by atoms with Crippen LogP contribution in [0.5, 0.6) is 0 Å². The molecule has 0 N–H and O–H groups in total. The van der Waals surface area contributed by atoms with Crippen molar-refractivity contribution in [2.45, 2.75) is 27.7 Å². The van der Waals surface area contributed by atoms with E-state index in [2.05, 4.69) is 4.74 Å². The maximum Gasteiger partial charge on any atom is 0.417 e. The minimum absolute atomic E-state index is 0.151. The molecule has 0 aromatic heterocycles. The van der Waals surface area contributed by atoms with Crippen LogP contribution in [0.25, 0.3) is 0 Å². The van der Waals surface area contributed by atoms with Gasteiger partial charge in [-0.3, -0.25) is 4.90 Å². The number of carbonyl (C=O) groups excluding carboxylic acids is 2. The summed E-state index contributed by atoms with van der Waals surface area (Å²) in [5, 5.41) is 1.61. The van der Waals surface area contributed by atoms with Crippen molar-refractivity contribution in [3.63, 3.8) is 0 Å². The Balaban J connectivity index is 2.74. The Hall–Kier alpha value is -1.82. The van der Waals surface area contributed by atoms with E-state index in [0.717, 1.165) is 0 Å². The molecule has 0 radical (unpaired) electrons. The van der Waals surface area contributed by atoms with E-state index in [1.54, 1.807) is 29.6 Å². The van der Waals surface area contributed by atoms with Gasteiger partial charge < -0.3 is 9.57 Å². The Morgan fingerprint density at radius 3 is 2.14 bits per heavy atom. The number of allylic oxidation sites excluding steroid dienone is 2. The van der Waals surface area contributed by atoms with Crippen LogP contribution in [-0.2, 0) is 14.4 Å². The van der Waals surface area contributed by atoms with Crippen LogP contribution >= 0.6 is 0 Å². The van der Waals surface area contributed by atoms with Gasteiger partial charge in [0.15, 0.2) is 0 Å². The maximum atomic E-state index is 12.3. The van der Waals surface area contributed by atoms with E-state index < -0.39 is 11.5 Å². The number of nitrogens with zero attached hydrogens (tertiary/aromatic N) is 2. The first-order valence-electron chi connectivity index (χ1n) is 7.07. The van der Waals surface area contributed by atoms with E-state index in [-0.39, 0.29) is 11.9 Å². The summed E-state index contributed by atoms with van der Waals surface area (Å²) in [5.41, 5.74) is -0.724. The van der Waals surface area contributed by atoms with Crippen LogP contribution in [0.4, 0.5) is 4.79 Å². The van der Waals surface area contributed by atoms with Gasteiger partial charge >= 0.3 is 12.1 Å². The molecular formula is C15H24N2O4. The SMILES string of the molecule is CCN(CC)OC(=O)C(C)(C)C1C=CN(C(=O)OC)C=C1. The Morgan fingerprint density at radius 1 is 1.19 bits per heavy atom. The van der Waals surface area contributed by atoms with E-state index in [9.17, 15) is 9.59 Å². The molecule has 1 aliphatic rings. The zero-order valence-corrected chi connectivity index (χ0v) is 13.3. The molecule has 21 heavy (non-hydrogen) atoms. The van der Waals surface area contributed by atoms with Crippen LogP contribution in [0, 0.1) is 11.3 Å². The van der Waals surface area contributed by atoms with Crippen LogP contribution in [0.15, 0.2) is 24.6 Å². The average Bonchev–Trinajstić information content (AvgIpc) is 2.51. The number of hydrogen-bond donors (Lipinski definition) is 0. The summed E-state index contributed by atoms with van der Waals surface area (Å²) in [7, 11) is 1.32. The summed E-state index contributed by atoms with van der Waals surface area (Å²) in [4.78, 5) is 30.4. The number of ether oxygens (including phenoxy) is 1. The number of amides is 1. The topological polar surface area (TPSA) is 59.1 Å². The molecule has 0 bridgehead atoms. The van der Waals surface area contributed by atoms with Gasteiger partial charge in [0.05, 0.1) is 12.5 Å². The summed E-state index contributed by atoms with van der Waals surface area (Å²) in [6.45, 7) is 8.80. The number of carbonyl (C=O) groups is 2. The monoisotopic (exact) mass is 296 g/mol. The summed E-state index contributed by atoms with van der Waals surface area (Å²) in [6.07, 6.45) is 6.32. The van der Waals surface area contributed by atoms with Gasteiger partial charge in [-0.2, -0.15) is 0 Å². The molecule has 1 amide bonds. The summed E-state index contributed by atoms with van der Waals surface area (Å²) >= 11 is 0. The zero-order chi connectivity index (χ0) is 16.0. The molecule has 0 aliphatic carbocycles. The van der Waals surface area contributed by atoms with Gasteiger partial charge in [0.2, 0.25) is 0 Å². The highest BCUT2D eigenvalue weighted by Crippen LogP contribution is 2.33. The molecule has 1 aliphatic heterocycles.